The molecule has 0 spiro atoms. The molecule has 20 heavy (non-hydrogen) atoms. The van der Waals surface area contributed by atoms with E-state index in [0.717, 1.165) is 18.7 Å². The third-order valence-corrected chi connectivity index (χ3v) is 3.81. The van der Waals surface area contributed by atoms with Crippen molar-refractivity contribution in [3.63, 3.8) is 0 Å². The topological polar surface area (TPSA) is 64.0 Å². The number of carbonyl (C=O) groups is 1. The number of phenols is 1. The molecule has 0 saturated carbocycles. The van der Waals surface area contributed by atoms with Crippen LogP contribution in [-0.2, 0) is 6.42 Å². The van der Waals surface area contributed by atoms with Crippen molar-refractivity contribution in [1.29, 1.82) is 0 Å². The predicted molar refractivity (Wildman–Crippen MR) is 76.9 cm³/mol. The molecule has 0 atom stereocenters. The molecule has 1 aromatic rings. The van der Waals surface area contributed by atoms with Gasteiger partial charge in [-0.3, -0.25) is 9.69 Å². The summed E-state index contributed by atoms with van der Waals surface area (Å²) in [6, 6.07) is 5.33. The van der Waals surface area contributed by atoms with E-state index in [2.05, 4.69) is 4.90 Å². The summed E-state index contributed by atoms with van der Waals surface area (Å²) in [6.45, 7) is 5.55. The minimum Gasteiger partial charge on any atom is -0.507 e. The van der Waals surface area contributed by atoms with Crippen LogP contribution in [0.2, 0.25) is 0 Å². The molecule has 1 fully saturated rings. The largest absolute Gasteiger partial charge is 0.507 e. The van der Waals surface area contributed by atoms with E-state index in [9.17, 15) is 9.90 Å². The number of aryl methyl sites for hydroxylation is 1. The molecule has 2 N–H and O–H groups in total. The lowest BCUT2D eigenvalue weighted by atomic mass is 10.1. The summed E-state index contributed by atoms with van der Waals surface area (Å²) in [5.74, 6) is -0.000707. The number of aliphatic hydroxyl groups excluding tert-OH is 1. The maximum atomic E-state index is 12.5. The molecule has 0 aliphatic carbocycles. The fourth-order valence-corrected chi connectivity index (χ4v) is 2.54. The zero-order valence-electron chi connectivity index (χ0n) is 11.9. The number of aliphatic hydroxyl groups is 1. The Morgan fingerprint density at radius 3 is 2.55 bits per heavy atom. The number of hydrogen-bond donors (Lipinski definition) is 2. The van der Waals surface area contributed by atoms with Crippen molar-refractivity contribution in [2.45, 2.75) is 13.3 Å². The third kappa shape index (κ3) is 3.11. The zero-order chi connectivity index (χ0) is 14.5. The Morgan fingerprint density at radius 2 is 1.95 bits per heavy atom. The van der Waals surface area contributed by atoms with Crippen molar-refractivity contribution in [3.8, 4) is 5.75 Å². The van der Waals surface area contributed by atoms with E-state index >= 15 is 0 Å². The molecule has 110 valence electrons. The van der Waals surface area contributed by atoms with Gasteiger partial charge in [0.2, 0.25) is 0 Å². The Hall–Kier alpha value is -1.59. The van der Waals surface area contributed by atoms with E-state index in [1.165, 1.54) is 0 Å². The number of phenolic OH excluding ortho intramolecular Hbond substituents is 1. The normalized spacial score (nSPS) is 16.4. The van der Waals surface area contributed by atoms with Gasteiger partial charge in [0.1, 0.15) is 5.75 Å². The van der Waals surface area contributed by atoms with Gasteiger partial charge in [-0.1, -0.05) is 19.1 Å². The molecule has 5 heteroatoms. The molecular weight excluding hydrogens is 256 g/mol. The van der Waals surface area contributed by atoms with Gasteiger partial charge in [-0.2, -0.15) is 0 Å². The Balaban J connectivity index is 2.06. The highest BCUT2D eigenvalue weighted by Gasteiger charge is 2.24. The van der Waals surface area contributed by atoms with Crippen LogP contribution in [0.25, 0.3) is 0 Å². The van der Waals surface area contributed by atoms with Gasteiger partial charge in [-0.05, 0) is 18.1 Å². The van der Waals surface area contributed by atoms with Gasteiger partial charge < -0.3 is 15.1 Å². The number of hydrogen-bond acceptors (Lipinski definition) is 4. The molecule has 1 aliphatic heterocycles. The van der Waals surface area contributed by atoms with E-state index < -0.39 is 0 Å². The van der Waals surface area contributed by atoms with Crippen molar-refractivity contribution in [2.75, 3.05) is 39.3 Å². The number of benzene rings is 1. The van der Waals surface area contributed by atoms with Gasteiger partial charge in [0, 0.05) is 32.7 Å². The number of aromatic hydroxyl groups is 1. The smallest absolute Gasteiger partial charge is 0.257 e. The molecule has 1 heterocycles. The molecule has 0 bridgehead atoms. The van der Waals surface area contributed by atoms with Gasteiger partial charge in [0.05, 0.1) is 12.2 Å². The number of carbonyl (C=O) groups excluding carboxylic acids is 1. The summed E-state index contributed by atoms with van der Waals surface area (Å²) < 4.78 is 0. The maximum absolute atomic E-state index is 12.5. The van der Waals surface area contributed by atoms with Crippen LogP contribution in [0.1, 0.15) is 22.8 Å². The molecule has 2 rings (SSSR count). The number of piperazine rings is 1. The van der Waals surface area contributed by atoms with E-state index in [4.69, 9.17) is 5.11 Å². The fraction of sp³-hybridized carbons (Fsp3) is 0.533. The molecule has 1 aromatic carbocycles. The average Bonchev–Trinajstić information content (AvgIpc) is 2.48. The highest BCUT2D eigenvalue weighted by molar-refractivity contribution is 5.97. The van der Waals surface area contributed by atoms with Crippen molar-refractivity contribution in [1.82, 2.24) is 9.80 Å². The van der Waals surface area contributed by atoms with Crippen LogP contribution in [0.15, 0.2) is 18.2 Å². The van der Waals surface area contributed by atoms with Crippen LogP contribution in [0.3, 0.4) is 0 Å². The van der Waals surface area contributed by atoms with Crippen molar-refractivity contribution in [2.24, 2.45) is 0 Å². The van der Waals surface area contributed by atoms with E-state index in [0.29, 0.717) is 31.6 Å². The first-order chi connectivity index (χ1) is 9.67. The number of rotatable bonds is 4. The number of amides is 1. The second kappa shape index (κ2) is 6.72. The summed E-state index contributed by atoms with van der Waals surface area (Å²) >= 11 is 0. The van der Waals surface area contributed by atoms with Crippen molar-refractivity contribution >= 4 is 5.91 Å². The SMILES string of the molecule is CCc1cccc(C(=O)N2CCN(CCO)CC2)c1O. The first-order valence-corrected chi connectivity index (χ1v) is 7.10. The second-order valence-electron chi connectivity index (χ2n) is 5.02. The number of nitrogens with zero attached hydrogens (tertiary/aromatic N) is 2. The van der Waals surface area contributed by atoms with Crippen LogP contribution in [0.5, 0.6) is 5.75 Å². The third-order valence-electron chi connectivity index (χ3n) is 3.81. The van der Waals surface area contributed by atoms with Crippen LogP contribution in [-0.4, -0.2) is 65.3 Å². The highest BCUT2D eigenvalue weighted by Crippen LogP contribution is 2.24. The van der Waals surface area contributed by atoms with E-state index in [1.54, 1.807) is 11.0 Å². The van der Waals surface area contributed by atoms with Gasteiger partial charge in [0.25, 0.3) is 5.91 Å². The lowest BCUT2D eigenvalue weighted by Crippen LogP contribution is -2.49. The summed E-state index contributed by atoms with van der Waals surface area (Å²) in [6.07, 6.45) is 0.706. The Labute approximate surface area is 119 Å². The molecule has 1 amide bonds. The minimum atomic E-state index is -0.110. The molecule has 1 aliphatic rings. The monoisotopic (exact) mass is 278 g/mol. The molecule has 1 saturated heterocycles. The Morgan fingerprint density at radius 1 is 1.25 bits per heavy atom. The van der Waals surface area contributed by atoms with Crippen LogP contribution in [0.4, 0.5) is 0 Å². The Kier molecular flexibility index (Phi) is 4.98. The van der Waals surface area contributed by atoms with E-state index in [1.807, 2.05) is 19.1 Å². The minimum absolute atomic E-state index is 0.109. The lowest BCUT2D eigenvalue weighted by molar-refractivity contribution is 0.0612. The quantitative estimate of drug-likeness (QED) is 0.851. The molecule has 0 unspecified atom stereocenters. The standard InChI is InChI=1S/C15H22N2O3/c1-2-12-4-3-5-13(14(12)19)15(20)17-8-6-16(7-9-17)10-11-18/h3-5,18-19H,2,6-11H2,1H3. The van der Waals surface area contributed by atoms with E-state index in [-0.39, 0.29) is 18.3 Å². The molecular formula is C15H22N2O3. The molecule has 5 nitrogen and oxygen atoms in total. The van der Waals surface area contributed by atoms with Crippen LogP contribution < -0.4 is 0 Å². The molecule has 0 radical (unpaired) electrons. The fourth-order valence-electron chi connectivity index (χ4n) is 2.54. The first kappa shape index (κ1) is 14.8. The number of β-amino-alcohol motifs (C(OH)–C–C–N with tert-alkyl or cyclic N) is 1. The Bertz CT molecular complexity index is 468. The number of para-hydroxylation sites is 1. The van der Waals surface area contributed by atoms with Gasteiger partial charge in [0.15, 0.2) is 0 Å². The summed E-state index contributed by atoms with van der Waals surface area (Å²) in [7, 11) is 0. The summed E-state index contributed by atoms with van der Waals surface area (Å²) in [5.41, 5.74) is 1.19. The first-order valence-electron chi connectivity index (χ1n) is 7.10. The van der Waals surface area contributed by atoms with Gasteiger partial charge >= 0.3 is 0 Å². The molecule has 0 aromatic heterocycles. The lowest BCUT2D eigenvalue weighted by Gasteiger charge is -2.34. The van der Waals surface area contributed by atoms with Gasteiger partial charge in [-0.25, -0.2) is 0 Å². The van der Waals surface area contributed by atoms with Crippen LogP contribution in [0, 0.1) is 0 Å². The van der Waals surface area contributed by atoms with Crippen molar-refractivity contribution < 1.29 is 15.0 Å². The van der Waals surface area contributed by atoms with Crippen LogP contribution >= 0.6 is 0 Å². The predicted octanol–water partition coefficient (Wildman–Crippen LogP) is 0.705. The summed E-state index contributed by atoms with van der Waals surface area (Å²) in [5, 5.41) is 19.0. The highest BCUT2D eigenvalue weighted by atomic mass is 16.3. The zero-order valence-corrected chi connectivity index (χ0v) is 11.9. The second-order valence-corrected chi connectivity index (χ2v) is 5.02. The van der Waals surface area contributed by atoms with Gasteiger partial charge in [-0.15, -0.1) is 0 Å². The summed E-state index contributed by atoms with van der Waals surface area (Å²) in [4.78, 5) is 16.3. The van der Waals surface area contributed by atoms with Crippen molar-refractivity contribution in [3.05, 3.63) is 29.3 Å². The maximum Gasteiger partial charge on any atom is 0.257 e. The average molecular weight is 278 g/mol.